The number of piperidine rings is 1. The predicted molar refractivity (Wildman–Crippen MR) is 77.7 cm³/mol. The van der Waals surface area contributed by atoms with Crippen molar-refractivity contribution in [3.63, 3.8) is 0 Å². The SMILES string of the molecule is Cc1ccc(NC(=O)C2NCCCC2C)cc1Br. The van der Waals surface area contributed by atoms with Gasteiger partial charge >= 0.3 is 0 Å². The van der Waals surface area contributed by atoms with Crippen molar-refractivity contribution in [1.82, 2.24) is 5.32 Å². The predicted octanol–water partition coefficient (Wildman–Crippen LogP) is 3.08. The summed E-state index contributed by atoms with van der Waals surface area (Å²) in [6.07, 6.45) is 2.27. The lowest BCUT2D eigenvalue weighted by atomic mass is 9.92. The molecular weight excluding hydrogens is 292 g/mol. The maximum Gasteiger partial charge on any atom is 0.241 e. The molecule has 1 saturated heterocycles. The van der Waals surface area contributed by atoms with E-state index < -0.39 is 0 Å². The Kier molecular flexibility index (Phi) is 4.40. The Balaban J connectivity index is 2.04. The molecule has 1 aliphatic heterocycles. The number of amides is 1. The minimum Gasteiger partial charge on any atom is -0.325 e. The van der Waals surface area contributed by atoms with Gasteiger partial charge in [0.25, 0.3) is 0 Å². The van der Waals surface area contributed by atoms with E-state index in [1.807, 2.05) is 25.1 Å². The Bertz CT molecular complexity index is 447. The molecule has 18 heavy (non-hydrogen) atoms. The van der Waals surface area contributed by atoms with E-state index in [0.29, 0.717) is 5.92 Å². The molecule has 0 aromatic heterocycles. The first-order chi connectivity index (χ1) is 8.58. The van der Waals surface area contributed by atoms with Gasteiger partial charge in [-0.15, -0.1) is 0 Å². The molecule has 4 heteroatoms. The third-order valence-corrected chi connectivity index (χ3v) is 4.35. The van der Waals surface area contributed by atoms with Crippen molar-refractivity contribution >= 4 is 27.5 Å². The number of carbonyl (C=O) groups excluding carboxylic acids is 1. The molecule has 0 saturated carbocycles. The molecule has 3 nitrogen and oxygen atoms in total. The zero-order chi connectivity index (χ0) is 13.1. The van der Waals surface area contributed by atoms with Gasteiger partial charge in [0.1, 0.15) is 0 Å². The van der Waals surface area contributed by atoms with E-state index in [-0.39, 0.29) is 11.9 Å². The molecule has 2 unspecified atom stereocenters. The topological polar surface area (TPSA) is 41.1 Å². The molecule has 2 atom stereocenters. The van der Waals surface area contributed by atoms with E-state index in [0.717, 1.165) is 35.1 Å². The van der Waals surface area contributed by atoms with E-state index >= 15 is 0 Å². The molecule has 1 fully saturated rings. The summed E-state index contributed by atoms with van der Waals surface area (Å²) in [7, 11) is 0. The molecule has 1 heterocycles. The Morgan fingerprint density at radius 3 is 2.94 bits per heavy atom. The highest BCUT2D eigenvalue weighted by Crippen LogP contribution is 2.22. The molecule has 1 aromatic rings. The summed E-state index contributed by atoms with van der Waals surface area (Å²) in [6.45, 7) is 5.09. The monoisotopic (exact) mass is 310 g/mol. The fourth-order valence-corrected chi connectivity index (χ4v) is 2.67. The van der Waals surface area contributed by atoms with E-state index in [1.54, 1.807) is 0 Å². The Morgan fingerprint density at radius 2 is 2.28 bits per heavy atom. The number of rotatable bonds is 2. The summed E-state index contributed by atoms with van der Waals surface area (Å²) in [5.41, 5.74) is 2.01. The van der Waals surface area contributed by atoms with E-state index in [9.17, 15) is 4.79 Å². The van der Waals surface area contributed by atoms with Gasteiger partial charge in [-0.05, 0) is 49.9 Å². The number of nitrogens with one attached hydrogen (secondary N) is 2. The van der Waals surface area contributed by atoms with Gasteiger partial charge in [0.05, 0.1) is 6.04 Å². The molecule has 0 radical (unpaired) electrons. The third kappa shape index (κ3) is 3.12. The first-order valence-electron chi connectivity index (χ1n) is 6.38. The standard InChI is InChI=1S/C14H19BrN2O/c1-9-5-6-11(8-12(9)15)17-14(18)13-10(2)4-3-7-16-13/h5-6,8,10,13,16H,3-4,7H2,1-2H3,(H,17,18). The van der Waals surface area contributed by atoms with Crippen molar-refractivity contribution in [2.24, 2.45) is 5.92 Å². The summed E-state index contributed by atoms with van der Waals surface area (Å²) >= 11 is 3.48. The molecule has 2 N–H and O–H groups in total. The Hall–Kier alpha value is -0.870. The zero-order valence-electron chi connectivity index (χ0n) is 10.8. The highest BCUT2D eigenvalue weighted by Gasteiger charge is 2.27. The average molecular weight is 311 g/mol. The maximum absolute atomic E-state index is 12.2. The minimum absolute atomic E-state index is 0.0675. The van der Waals surface area contributed by atoms with Gasteiger partial charge in [0.15, 0.2) is 0 Å². The van der Waals surface area contributed by atoms with Crippen molar-refractivity contribution in [3.05, 3.63) is 28.2 Å². The zero-order valence-corrected chi connectivity index (χ0v) is 12.4. The van der Waals surface area contributed by atoms with Gasteiger partial charge in [-0.2, -0.15) is 0 Å². The summed E-state index contributed by atoms with van der Waals surface area (Å²) in [5, 5.41) is 6.27. The number of halogens is 1. The third-order valence-electron chi connectivity index (χ3n) is 3.49. The Morgan fingerprint density at radius 1 is 1.50 bits per heavy atom. The molecular formula is C14H19BrN2O. The lowest BCUT2D eigenvalue weighted by molar-refractivity contribution is -0.119. The van der Waals surface area contributed by atoms with Crippen molar-refractivity contribution in [2.75, 3.05) is 11.9 Å². The van der Waals surface area contributed by atoms with E-state index in [2.05, 4.69) is 33.5 Å². The molecule has 1 amide bonds. The second-order valence-electron chi connectivity index (χ2n) is 5.00. The van der Waals surface area contributed by atoms with Gasteiger partial charge in [0, 0.05) is 10.2 Å². The fraction of sp³-hybridized carbons (Fsp3) is 0.500. The highest BCUT2D eigenvalue weighted by molar-refractivity contribution is 9.10. The molecule has 1 aliphatic rings. The van der Waals surface area contributed by atoms with Gasteiger partial charge in [-0.1, -0.05) is 28.9 Å². The summed E-state index contributed by atoms with van der Waals surface area (Å²) in [6, 6.07) is 5.81. The summed E-state index contributed by atoms with van der Waals surface area (Å²) in [4.78, 5) is 12.2. The van der Waals surface area contributed by atoms with Crippen LogP contribution in [0.3, 0.4) is 0 Å². The van der Waals surface area contributed by atoms with Crippen LogP contribution in [0.4, 0.5) is 5.69 Å². The first-order valence-corrected chi connectivity index (χ1v) is 7.17. The molecule has 98 valence electrons. The quantitative estimate of drug-likeness (QED) is 0.881. The number of carbonyl (C=O) groups is 1. The van der Waals surface area contributed by atoms with Gasteiger partial charge in [0.2, 0.25) is 5.91 Å². The molecule has 0 bridgehead atoms. The number of aryl methyl sites for hydroxylation is 1. The van der Waals surface area contributed by atoms with E-state index in [1.165, 1.54) is 0 Å². The van der Waals surface area contributed by atoms with Crippen LogP contribution in [0.2, 0.25) is 0 Å². The number of hydrogen-bond acceptors (Lipinski definition) is 2. The lowest BCUT2D eigenvalue weighted by Crippen LogP contribution is -2.48. The van der Waals surface area contributed by atoms with Crippen LogP contribution in [0, 0.1) is 12.8 Å². The van der Waals surface area contributed by atoms with Crippen LogP contribution in [-0.2, 0) is 4.79 Å². The largest absolute Gasteiger partial charge is 0.325 e. The van der Waals surface area contributed by atoms with Crippen LogP contribution in [0.15, 0.2) is 22.7 Å². The number of benzene rings is 1. The van der Waals surface area contributed by atoms with Crippen molar-refractivity contribution < 1.29 is 4.79 Å². The second kappa shape index (κ2) is 5.85. The number of anilines is 1. The van der Waals surface area contributed by atoms with Crippen LogP contribution in [-0.4, -0.2) is 18.5 Å². The molecule has 2 rings (SSSR count). The van der Waals surface area contributed by atoms with Crippen LogP contribution in [0.25, 0.3) is 0 Å². The van der Waals surface area contributed by atoms with Gasteiger partial charge < -0.3 is 10.6 Å². The maximum atomic E-state index is 12.2. The van der Waals surface area contributed by atoms with Crippen molar-refractivity contribution in [2.45, 2.75) is 32.7 Å². The summed E-state index contributed by atoms with van der Waals surface area (Å²) in [5.74, 6) is 0.464. The van der Waals surface area contributed by atoms with Crippen LogP contribution in [0.5, 0.6) is 0 Å². The number of hydrogen-bond donors (Lipinski definition) is 2. The lowest BCUT2D eigenvalue weighted by Gasteiger charge is -2.28. The molecule has 0 aliphatic carbocycles. The summed E-state index contributed by atoms with van der Waals surface area (Å²) < 4.78 is 1.02. The van der Waals surface area contributed by atoms with Crippen molar-refractivity contribution in [1.29, 1.82) is 0 Å². The second-order valence-corrected chi connectivity index (χ2v) is 5.86. The van der Waals surface area contributed by atoms with Crippen LogP contribution < -0.4 is 10.6 Å². The van der Waals surface area contributed by atoms with Crippen LogP contribution >= 0.6 is 15.9 Å². The van der Waals surface area contributed by atoms with Gasteiger partial charge in [-0.3, -0.25) is 4.79 Å². The normalized spacial score (nSPS) is 23.7. The molecule has 0 spiro atoms. The smallest absolute Gasteiger partial charge is 0.241 e. The molecule has 1 aromatic carbocycles. The first kappa shape index (κ1) is 13.6. The van der Waals surface area contributed by atoms with Gasteiger partial charge in [-0.25, -0.2) is 0 Å². The minimum atomic E-state index is -0.0705. The van der Waals surface area contributed by atoms with Crippen molar-refractivity contribution in [3.8, 4) is 0 Å². The highest BCUT2D eigenvalue weighted by atomic mass is 79.9. The fourth-order valence-electron chi connectivity index (χ4n) is 2.29. The Labute approximate surface area is 116 Å². The van der Waals surface area contributed by atoms with E-state index in [4.69, 9.17) is 0 Å². The average Bonchev–Trinajstić information content (AvgIpc) is 2.34. The van der Waals surface area contributed by atoms with Crippen LogP contribution in [0.1, 0.15) is 25.3 Å².